The monoisotopic (exact) mass is 184 g/mol. The van der Waals surface area contributed by atoms with E-state index in [2.05, 4.69) is 34.6 Å². The highest BCUT2D eigenvalue weighted by Crippen LogP contribution is 2.31. The second-order valence-electron chi connectivity index (χ2n) is 4.49. The summed E-state index contributed by atoms with van der Waals surface area (Å²) in [5.74, 6) is 1.34. The lowest BCUT2D eigenvalue weighted by Gasteiger charge is -2.37. The number of rotatable bonds is 6. The minimum absolute atomic E-state index is 0.00683. The zero-order valence-corrected chi connectivity index (χ0v) is 9.77. The molecule has 3 unspecified atom stereocenters. The molecule has 1 radical (unpaired) electrons. The van der Waals surface area contributed by atoms with Gasteiger partial charge in [-0.1, -0.05) is 40.5 Å². The van der Waals surface area contributed by atoms with Crippen LogP contribution in [0.5, 0.6) is 0 Å². The lowest BCUT2D eigenvalue weighted by Crippen LogP contribution is -2.46. The molecule has 0 aromatic rings. The Morgan fingerprint density at radius 2 is 1.92 bits per heavy atom. The van der Waals surface area contributed by atoms with E-state index >= 15 is 0 Å². The van der Waals surface area contributed by atoms with Gasteiger partial charge in [0.1, 0.15) is 0 Å². The van der Waals surface area contributed by atoms with Crippen LogP contribution in [0.4, 0.5) is 0 Å². The Bertz CT molecular complexity index is 129. The SMILES string of the molecule is [CH2]CCC(C(C)CC)C(C)(N)CC. The second-order valence-corrected chi connectivity index (χ2v) is 4.49. The summed E-state index contributed by atoms with van der Waals surface area (Å²) in [6, 6.07) is 0. The summed E-state index contributed by atoms with van der Waals surface area (Å²) in [6.45, 7) is 12.8. The average molecular weight is 184 g/mol. The van der Waals surface area contributed by atoms with Crippen LogP contribution in [0.1, 0.15) is 53.4 Å². The molecular weight excluding hydrogens is 158 g/mol. The van der Waals surface area contributed by atoms with Crippen LogP contribution < -0.4 is 5.73 Å². The van der Waals surface area contributed by atoms with Gasteiger partial charge >= 0.3 is 0 Å². The molecule has 0 bridgehead atoms. The predicted octanol–water partition coefficient (Wildman–Crippen LogP) is 3.39. The fraction of sp³-hybridized carbons (Fsp3) is 0.917. The van der Waals surface area contributed by atoms with Gasteiger partial charge in [0, 0.05) is 5.54 Å². The molecule has 0 heterocycles. The van der Waals surface area contributed by atoms with Crippen molar-refractivity contribution in [3.05, 3.63) is 6.92 Å². The van der Waals surface area contributed by atoms with Gasteiger partial charge in [-0.25, -0.2) is 0 Å². The maximum absolute atomic E-state index is 6.30. The van der Waals surface area contributed by atoms with Gasteiger partial charge in [-0.3, -0.25) is 0 Å². The van der Waals surface area contributed by atoms with Gasteiger partial charge < -0.3 is 5.73 Å². The van der Waals surface area contributed by atoms with Crippen LogP contribution >= 0.6 is 0 Å². The third kappa shape index (κ3) is 3.68. The molecule has 79 valence electrons. The van der Waals surface area contributed by atoms with Crippen molar-refractivity contribution >= 4 is 0 Å². The highest BCUT2D eigenvalue weighted by atomic mass is 14.7. The number of nitrogens with two attached hydrogens (primary N) is 1. The first kappa shape index (κ1) is 13.0. The highest BCUT2D eigenvalue weighted by molar-refractivity contribution is 4.88. The third-order valence-electron chi connectivity index (χ3n) is 3.45. The first-order valence-electron chi connectivity index (χ1n) is 5.57. The van der Waals surface area contributed by atoms with Gasteiger partial charge in [-0.15, -0.1) is 0 Å². The summed E-state index contributed by atoms with van der Waals surface area (Å²) < 4.78 is 0. The Morgan fingerprint density at radius 1 is 1.38 bits per heavy atom. The van der Waals surface area contributed by atoms with Gasteiger partial charge in [-0.05, 0) is 31.6 Å². The van der Waals surface area contributed by atoms with Crippen LogP contribution in [-0.4, -0.2) is 5.54 Å². The Balaban J connectivity index is 4.39. The molecule has 0 fully saturated rings. The van der Waals surface area contributed by atoms with Crippen molar-refractivity contribution in [2.24, 2.45) is 17.6 Å². The summed E-state index contributed by atoms with van der Waals surface area (Å²) in [5.41, 5.74) is 6.29. The molecule has 1 heteroatoms. The highest BCUT2D eigenvalue weighted by Gasteiger charge is 2.30. The van der Waals surface area contributed by atoms with Crippen LogP contribution in [-0.2, 0) is 0 Å². The van der Waals surface area contributed by atoms with Crippen LogP contribution in [0.25, 0.3) is 0 Å². The molecular formula is C12H26N. The van der Waals surface area contributed by atoms with Gasteiger partial charge in [-0.2, -0.15) is 0 Å². The molecule has 0 amide bonds. The molecule has 1 nitrogen and oxygen atoms in total. The van der Waals surface area contributed by atoms with E-state index in [4.69, 9.17) is 5.73 Å². The smallest absolute Gasteiger partial charge is 0.0154 e. The van der Waals surface area contributed by atoms with Crippen LogP contribution in [0.2, 0.25) is 0 Å². The topological polar surface area (TPSA) is 26.0 Å². The molecule has 0 rings (SSSR count). The lowest BCUT2D eigenvalue weighted by molar-refractivity contribution is 0.190. The summed E-state index contributed by atoms with van der Waals surface area (Å²) >= 11 is 0. The Kier molecular flexibility index (Phi) is 5.62. The quantitative estimate of drug-likeness (QED) is 0.673. The minimum atomic E-state index is -0.00683. The summed E-state index contributed by atoms with van der Waals surface area (Å²) in [6.07, 6.45) is 4.44. The van der Waals surface area contributed by atoms with E-state index in [9.17, 15) is 0 Å². The van der Waals surface area contributed by atoms with Crippen molar-refractivity contribution in [3.8, 4) is 0 Å². The first-order chi connectivity index (χ1) is 5.99. The first-order valence-corrected chi connectivity index (χ1v) is 5.57. The van der Waals surface area contributed by atoms with Crippen molar-refractivity contribution in [2.45, 2.75) is 58.9 Å². The zero-order valence-electron chi connectivity index (χ0n) is 9.77. The standard InChI is InChI=1S/C12H26N/c1-6-9-11(10(4)7-2)12(5,13)8-3/h10-11H,1,6-9,13H2,2-5H3. The van der Waals surface area contributed by atoms with E-state index in [0.717, 1.165) is 25.2 Å². The van der Waals surface area contributed by atoms with Crippen LogP contribution in [0.15, 0.2) is 0 Å². The molecule has 0 saturated heterocycles. The van der Waals surface area contributed by atoms with E-state index in [1.54, 1.807) is 0 Å². The van der Waals surface area contributed by atoms with Gasteiger partial charge in [0.2, 0.25) is 0 Å². The maximum Gasteiger partial charge on any atom is 0.0154 e. The Morgan fingerprint density at radius 3 is 2.23 bits per heavy atom. The molecule has 0 saturated carbocycles. The van der Waals surface area contributed by atoms with Crippen molar-refractivity contribution < 1.29 is 0 Å². The normalized spacial score (nSPS) is 20.8. The van der Waals surface area contributed by atoms with Crippen molar-refractivity contribution in [1.29, 1.82) is 0 Å². The predicted molar refractivity (Wildman–Crippen MR) is 60.4 cm³/mol. The van der Waals surface area contributed by atoms with Crippen LogP contribution in [0, 0.1) is 18.8 Å². The van der Waals surface area contributed by atoms with E-state index < -0.39 is 0 Å². The average Bonchev–Trinajstić information content (AvgIpc) is 2.12. The minimum Gasteiger partial charge on any atom is -0.325 e. The summed E-state index contributed by atoms with van der Waals surface area (Å²) in [7, 11) is 0. The maximum atomic E-state index is 6.30. The van der Waals surface area contributed by atoms with E-state index in [1.807, 2.05) is 0 Å². The molecule has 2 N–H and O–H groups in total. The van der Waals surface area contributed by atoms with Gasteiger partial charge in [0.05, 0.1) is 0 Å². The van der Waals surface area contributed by atoms with Crippen molar-refractivity contribution in [2.75, 3.05) is 0 Å². The molecule has 0 aliphatic heterocycles. The second kappa shape index (κ2) is 5.64. The van der Waals surface area contributed by atoms with Gasteiger partial charge in [0.15, 0.2) is 0 Å². The Hall–Kier alpha value is -0.0400. The van der Waals surface area contributed by atoms with Gasteiger partial charge in [0.25, 0.3) is 0 Å². The molecule has 0 spiro atoms. The summed E-state index contributed by atoms with van der Waals surface area (Å²) in [5, 5.41) is 0. The van der Waals surface area contributed by atoms with E-state index in [-0.39, 0.29) is 5.54 Å². The fourth-order valence-corrected chi connectivity index (χ4v) is 2.03. The molecule has 0 aromatic heterocycles. The van der Waals surface area contributed by atoms with Crippen molar-refractivity contribution in [3.63, 3.8) is 0 Å². The largest absolute Gasteiger partial charge is 0.325 e. The van der Waals surface area contributed by atoms with Crippen LogP contribution in [0.3, 0.4) is 0 Å². The molecule has 0 aliphatic rings. The number of hydrogen-bond donors (Lipinski definition) is 1. The number of hydrogen-bond acceptors (Lipinski definition) is 1. The third-order valence-corrected chi connectivity index (χ3v) is 3.45. The zero-order chi connectivity index (χ0) is 10.5. The van der Waals surface area contributed by atoms with Crippen molar-refractivity contribution in [1.82, 2.24) is 0 Å². The van der Waals surface area contributed by atoms with E-state index in [0.29, 0.717) is 5.92 Å². The summed E-state index contributed by atoms with van der Waals surface area (Å²) in [4.78, 5) is 0. The molecule has 0 aliphatic carbocycles. The fourth-order valence-electron chi connectivity index (χ4n) is 2.03. The van der Waals surface area contributed by atoms with E-state index in [1.165, 1.54) is 6.42 Å². The molecule has 3 atom stereocenters. The molecule has 13 heavy (non-hydrogen) atoms. The molecule has 0 aromatic carbocycles. The Labute approximate surface area is 84.1 Å². The lowest BCUT2D eigenvalue weighted by atomic mass is 9.73.